The molecule has 1 N–H and O–H groups in total. The van der Waals surface area contributed by atoms with Gasteiger partial charge in [0.25, 0.3) is 5.91 Å². The smallest absolute Gasteiger partial charge is 0.288 e. The van der Waals surface area contributed by atoms with Gasteiger partial charge in [-0.1, -0.05) is 0 Å². The van der Waals surface area contributed by atoms with E-state index in [1.165, 1.54) is 12.6 Å². The lowest BCUT2D eigenvalue weighted by Crippen LogP contribution is -2.51. The summed E-state index contributed by atoms with van der Waals surface area (Å²) >= 11 is 0. The first-order valence-corrected chi connectivity index (χ1v) is 7.66. The summed E-state index contributed by atoms with van der Waals surface area (Å²) in [6.45, 7) is 6.38. The van der Waals surface area contributed by atoms with Gasteiger partial charge in [-0.15, -0.1) is 0 Å². The van der Waals surface area contributed by atoms with Gasteiger partial charge in [0.1, 0.15) is 0 Å². The first-order valence-electron chi connectivity index (χ1n) is 7.66. The van der Waals surface area contributed by atoms with Crippen molar-refractivity contribution in [2.75, 3.05) is 37.6 Å². The second-order valence-electron chi connectivity index (χ2n) is 5.58. The lowest BCUT2D eigenvalue weighted by atomic mass is 10.2. The van der Waals surface area contributed by atoms with Gasteiger partial charge in [-0.05, 0) is 13.0 Å². The van der Waals surface area contributed by atoms with E-state index in [2.05, 4.69) is 30.1 Å². The largest absolute Gasteiger partial charge is 0.438 e. The number of rotatable bonds is 5. The van der Waals surface area contributed by atoms with Crippen molar-refractivity contribution in [1.29, 1.82) is 0 Å². The molecule has 3 heterocycles. The second-order valence-corrected chi connectivity index (χ2v) is 5.58. The third kappa shape index (κ3) is 4.04. The maximum Gasteiger partial charge on any atom is 0.288 e. The molecule has 0 aromatic carbocycles. The van der Waals surface area contributed by atoms with Gasteiger partial charge in [-0.2, -0.15) is 0 Å². The van der Waals surface area contributed by atoms with Crippen molar-refractivity contribution < 1.29 is 9.21 Å². The molecule has 1 saturated heterocycles. The van der Waals surface area contributed by atoms with E-state index in [4.69, 9.17) is 4.42 Å². The minimum absolute atomic E-state index is 0.0344. The van der Waals surface area contributed by atoms with Crippen LogP contribution < -0.4 is 10.2 Å². The molecule has 0 aliphatic carbocycles. The number of amides is 1. The summed E-state index contributed by atoms with van der Waals surface area (Å²) in [5.41, 5.74) is 0. The van der Waals surface area contributed by atoms with E-state index in [0.717, 1.165) is 38.7 Å². The van der Waals surface area contributed by atoms with Crippen molar-refractivity contribution in [3.63, 3.8) is 0 Å². The lowest BCUT2D eigenvalue weighted by molar-refractivity contribution is 0.0900. The molecule has 8 heteroatoms. The first kappa shape index (κ1) is 15.4. The van der Waals surface area contributed by atoms with E-state index in [-0.39, 0.29) is 17.7 Å². The van der Waals surface area contributed by atoms with Crippen molar-refractivity contribution in [3.05, 3.63) is 36.8 Å². The number of nitrogens with one attached hydrogen (secondary N) is 1. The number of hydrogen-bond donors (Lipinski definition) is 1. The van der Waals surface area contributed by atoms with Crippen LogP contribution in [0.15, 0.2) is 35.5 Å². The number of carbonyl (C=O) groups excluding carboxylic acids is 1. The van der Waals surface area contributed by atoms with Crippen molar-refractivity contribution in [1.82, 2.24) is 25.2 Å². The van der Waals surface area contributed by atoms with Crippen LogP contribution in [0.25, 0.3) is 0 Å². The number of piperazine rings is 1. The monoisotopic (exact) mass is 316 g/mol. The standard InChI is InChI=1S/C15H20N6O2/c1-12(19-14(22)13-9-16-11-23-13)10-20-5-7-21(8-6-20)15-17-3-2-4-18-15/h2-4,9,11-12H,5-8,10H2,1H3,(H,19,22). The quantitative estimate of drug-likeness (QED) is 0.854. The zero-order chi connectivity index (χ0) is 16.1. The number of oxazole rings is 1. The van der Waals surface area contributed by atoms with E-state index in [9.17, 15) is 4.79 Å². The maximum atomic E-state index is 11.9. The Morgan fingerprint density at radius 1 is 1.30 bits per heavy atom. The maximum absolute atomic E-state index is 11.9. The fourth-order valence-electron chi connectivity index (χ4n) is 2.64. The van der Waals surface area contributed by atoms with E-state index in [1.807, 2.05) is 13.0 Å². The Balaban J connectivity index is 1.44. The van der Waals surface area contributed by atoms with Crippen LogP contribution in [0.2, 0.25) is 0 Å². The number of anilines is 1. The molecule has 1 atom stereocenters. The molecule has 2 aromatic heterocycles. The van der Waals surface area contributed by atoms with Gasteiger partial charge in [-0.3, -0.25) is 9.69 Å². The summed E-state index contributed by atoms with van der Waals surface area (Å²) in [7, 11) is 0. The van der Waals surface area contributed by atoms with Gasteiger partial charge in [0.2, 0.25) is 11.7 Å². The number of hydrogen-bond acceptors (Lipinski definition) is 7. The fraction of sp³-hybridized carbons (Fsp3) is 0.467. The molecule has 0 saturated carbocycles. The molecule has 1 aliphatic rings. The highest BCUT2D eigenvalue weighted by Crippen LogP contribution is 2.10. The summed E-state index contributed by atoms with van der Waals surface area (Å²) in [5, 5.41) is 2.92. The Kier molecular flexibility index (Phi) is 4.82. The molecule has 1 amide bonds. The second kappa shape index (κ2) is 7.19. The predicted octanol–water partition coefficient (Wildman–Crippen LogP) is 0.405. The van der Waals surface area contributed by atoms with E-state index >= 15 is 0 Å². The van der Waals surface area contributed by atoms with Crippen molar-refractivity contribution in [3.8, 4) is 0 Å². The van der Waals surface area contributed by atoms with Gasteiger partial charge >= 0.3 is 0 Å². The highest BCUT2D eigenvalue weighted by atomic mass is 16.3. The van der Waals surface area contributed by atoms with Crippen LogP contribution in [0.3, 0.4) is 0 Å². The molecule has 1 unspecified atom stereocenters. The molecule has 122 valence electrons. The van der Waals surface area contributed by atoms with Gasteiger partial charge < -0.3 is 14.6 Å². The Bertz CT molecular complexity index is 610. The van der Waals surface area contributed by atoms with Crippen LogP contribution in [-0.2, 0) is 0 Å². The summed E-state index contributed by atoms with van der Waals surface area (Å²) in [6, 6.07) is 1.85. The third-order valence-electron chi connectivity index (χ3n) is 3.77. The molecule has 23 heavy (non-hydrogen) atoms. The van der Waals surface area contributed by atoms with Crippen molar-refractivity contribution in [2.45, 2.75) is 13.0 Å². The van der Waals surface area contributed by atoms with E-state index in [0.29, 0.717) is 0 Å². The molecular weight excluding hydrogens is 296 g/mol. The van der Waals surface area contributed by atoms with Crippen molar-refractivity contribution in [2.24, 2.45) is 0 Å². The molecule has 3 rings (SSSR count). The summed E-state index contributed by atoms with van der Waals surface area (Å²) < 4.78 is 4.99. The fourth-order valence-corrected chi connectivity index (χ4v) is 2.64. The minimum atomic E-state index is -0.230. The summed E-state index contributed by atoms with van der Waals surface area (Å²) in [4.78, 5) is 28.7. The highest BCUT2D eigenvalue weighted by Gasteiger charge is 2.21. The predicted molar refractivity (Wildman–Crippen MR) is 84.1 cm³/mol. The average molecular weight is 316 g/mol. The molecule has 1 aliphatic heterocycles. The Morgan fingerprint density at radius 2 is 2.04 bits per heavy atom. The first-order chi connectivity index (χ1) is 11.2. The number of aromatic nitrogens is 3. The summed E-state index contributed by atoms with van der Waals surface area (Å²) in [5.74, 6) is 0.785. The molecule has 0 spiro atoms. The highest BCUT2D eigenvalue weighted by molar-refractivity contribution is 5.91. The lowest BCUT2D eigenvalue weighted by Gasteiger charge is -2.35. The van der Waals surface area contributed by atoms with Gasteiger partial charge in [-0.25, -0.2) is 15.0 Å². The minimum Gasteiger partial charge on any atom is -0.438 e. The average Bonchev–Trinajstić information content (AvgIpc) is 3.11. The van der Waals surface area contributed by atoms with Crippen molar-refractivity contribution >= 4 is 11.9 Å². The molecule has 0 bridgehead atoms. The van der Waals surface area contributed by atoms with E-state index in [1.54, 1.807) is 12.4 Å². The van der Waals surface area contributed by atoms with Crippen LogP contribution >= 0.6 is 0 Å². The van der Waals surface area contributed by atoms with Crippen LogP contribution in [-0.4, -0.2) is 64.5 Å². The normalized spacial score (nSPS) is 17.0. The molecular formula is C15H20N6O2. The molecule has 8 nitrogen and oxygen atoms in total. The number of carbonyl (C=O) groups is 1. The summed E-state index contributed by atoms with van der Waals surface area (Å²) in [6.07, 6.45) is 6.19. The third-order valence-corrected chi connectivity index (χ3v) is 3.77. The van der Waals surface area contributed by atoms with Gasteiger partial charge in [0.15, 0.2) is 6.39 Å². The molecule has 2 aromatic rings. The van der Waals surface area contributed by atoms with Crippen LogP contribution in [0.4, 0.5) is 5.95 Å². The topological polar surface area (TPSA) is 87.4 Å². The molecule has 0 radical (unpaired) electrons. The Morgan fingerprint density at radius 3 is 2.70 bits per heavy atom. The number of nitrogens with zero attached hydrogens (tertiary/aromatic N) is 5. The van der Waals surface area contributed by atoms with Gasteiger partial charge in [0, 0.05) is 51.2 Å². The molecule has 1 fully saturated rings. The van der Waals surface area contributed by atoms with Gasteiger partial charge in [0.05, 0.1) is 6.20 Å². The van der Waals surface area contributed by atoms with Crippen LogP contribution in [0.5, 0.6) is 0 Å². The Hall–Kier alpha value is -2.48. The zero-order valence-electron chi connectivity index (χ0n) is 13.1. The zero-order valence-corrected chi connectivity index (χ0v) is 13.1. The SMILES string of the molecule is CC(CN1CCN(c2ncccn2)CC1)NC(=O)c1cnco1. The van der Waals surface area contributed by atoms with Crippen LogP contribution in [0.1, 0.15) is 17.5 Å². The van der Waals surface area contributed by atoms with Crippen LogP contribution in [0, 0.1) is 0 Å². The Labute approximate surface area is 134 Å². The van der Waals surface area contributed by atoms with E-state index < -0.39 is 0 Å².